The molecule has 1 saturated carbocycles. The topological polar surface area (TPSA) is 279 Å². The fraction of sp³-hybridized carbons (Fsp3) is 0.707. The summed E-state index contributed by atoms with van der Waals surface area (Å²) in [5.41, 5.74) is 0. The zero-order chi connectivity index (χ0) is 44.9. The normalized spacial score (nSPS) is 16.4. The van der Waals surface area contributed by atoms with Gasteiger partial charge in [0.25, 0.3) is 0 Å². The van der Waals surface area contributed by atoms with Crippen molar-refractivity contribution in [2.24, 2.45) is 17.8 Å². The highest BCUT2D eigenvalue weighted by Gasteiger charge is 2.36. The predicted molar refractivity (Wildman–Crippen MR) is 222 cm³/mol. The minimum absolute atomic E-state index is 0.0707. The van der Waals surface area contributed by atoms with Crippen molar-refractivity contribution >= 4 is 64.5 Å². The maximum absolute atomic E-state index is 14.2. The third-order valence-electron chi connectivity index (χ3n) is 10.6. The summed E-state index contributed by atoms with van der Waals surface area (Å²) in [6, 6.07) is -7.32. The molecule has 6 amide bonds. The molecule has 1 heterocycles. The van der Waals surface area contributed by atoms with Crippen molar-refractivity contribution in [1.29, 1.82) is 0 Å². The third kappa shape index (κ3) is 18.5. The Kier molecular flexibility index (Phi) is 22.5. The van der Waals surface area contributed by atoms with Gasteiger partial charge in [0, 0.05) is 37.8 Å². The monoisotopic (exact) mass is 863 g/mol. The molecular weight excluding hydrogens is 799 g/mol. The van der Waals surface area contributed by atoms with E-state index in [1.807, 2.05) is 12.3 Å². The van der Waals surface area contributed by atoms with Crippen molar-refractivity contribution < 1.29 is 53.4 Å². The van der Waals surface area contributed by atoms with Crippen LogP contribution in [0.5, 0.6) is 0 Å². The number of thiazole rings is 1. The first-order valence-electron chi connectivity index (χ1n) is 21.0. The number of carboxylic acid groups (broad SMARTS) is 2. The molecule has 336 valence electrons. The molecule has 18 nitrogen and oxygen atoms in total. The van der Waals surface area contributed by atoms with Crippen LogP contribution in [0.25, 0.3) is 0 Å². The van der Waals surface area contributed by atoms with Gasteiger partial charge in [-0.1, -0.05) is 73.1 Å². The van der Waals surface area contributed by atoms with E-state index in [1.54, 1.807) is 33.9 Å². The van der Waals surface area contributed by atoms with E-state index in [0.717, 1.165) is 44.0 Å². The number of nitrogens with one attached hydrogen (secondary N) is 6. The van der Waals surface area contributed by atoms with Crippen LogP contribution in [0.4, 0.5) is 0 Å². The molecule has 19 heteroatoms. The highest BCUT2D eigenvalue weighted by atomic mass is 32.1. The van der Waals surface area contributed by atoms with Gasteiger partial charge in [-0.05, 0) is 43.4 Å². The Hall–Kier alpha value is -4.94. The van der Waals surface area contributed by atoms with Gasteiger partial charge >= 0.3 is 11.9 Å². The lowest BCUT2D eigenvalue weighted by atomic mass is 9.84. The summed E-state index contributed by atoms with van der Waals surface area (Å²) < 4.78 is 0. The zero-order valence-electron chi connectivity index (χ0n) is 35.7. The van der Waals surface area contributed by atoms with E-state index in [9.17, 15) is 53.4 Å². The van der Waals surface area contributed by atoms with Gasteiger partial charge in [-0.3, -0.25) is 43.2 Å². The van der Waals surface area contributed by atoms with Crippen LogP contribution in [0.1, 0.15) is 130 Å². The Morgan fingerprint density at radius 1 is 0.700 bits per heavy atom. The van der Waals surface area contributed by atoms with Gasteiger partial charge < -0.3 is 42.1 Å². The summed E-state index contributed by atoms with van der Waals surface area (Å²) >= 11 is 1.45. The largest absolute Gasteiger partial charge is 0.481 e. The lowest BCUT2D eigenvalue weighted by Crippen LogP contribution is -2.61. The number of aryl methyl sites for hydroxylation is 1. The molecule has 0 aliphatic heterocycles. The van der Waals surface area contributed by atoms with Crippen LogP contribution < -0.4 is 31.9 Å². The molecule has 0 unspecified atom stereocenters. The van der Waals surface area contributed by atoms with Crippen molar-refractivity contribution in [2.75, 3.05) is 0 Å². The van der Waals surface area contributed by atoms with Crippen LogP contribution in [-0.4, -0.2) is 105 Å². The van der Waals surface area contributed by atoms with Gasteiger partial charge in [0.15, 0.2) is 5.78 Å². The molecule has 8 N–H and O–H groups in total. The number of rotatable bonds is 27. The maximum atomic E-state index is 14.2. The second-order valence-electron chi connectivity index (χ2n) is 16.1. The quantitative estimate of drug-likeness (QED) is 0.0633. The molecule has 0 saturated heterocycles. The number of ketones is 1. The Balaban J connectivity index is 2.33. The lowest BCUT2D eigenvalue weighted by Gasteiger charge is -2.31. The standard InChI is InChI=1S/C41H65N7O11S/c1-7-24(5)36(41(59)47-30(21-26-12-10-9-11-13-26)38(56)44-27(8-2)32(50)15-16-33-42-18-19-60-33)48-40(58)29(20-23(3)4)46-37(55)28(14-17-34(51)52)45-39(57)31(22-35(53)54)43-25(6)49/h18-19,23-24,26-31,36H,7-17,20-22H2,1-6H3,(H,43,49)(H,44,56)(H,45,57)(H,46,55)(H,47,59)(H,48,58)(H,51,52)(H,53,54)/t24-,27+,28-,29+,30+,31+,36+/m1/s1. The van der Waals surface area contributed by atoms with Crippen LogP contribution >= 0.6 is 11.3 Å². The van der Waals surface area contributed by atoms with Crippen molar-refractivity contribution in [2.45, 2.75) is 168 Å². The van der Waals surface area contributed by atoms with Gasteiger partial charge in [0.2, 0.25) is 35.4 Å². The van der Waals surface area contributed by atoms with Crippen LogP contribution in [0.2, 0.25) is 0 Å². The van der Waals surface area contributed by atoms with E-state index in [4.69, 9.17) is 0 Å². The number of Topliss-reactive ketones (excluding diaryl/α,β-unsaturated/α-hetero) is 1. The number of carbonyl (C=O) groups excluding carboxylic acids is 7. The van der Waals surface area contributed by atoms with Crippen molar-refractivity contribution in [3.8, 4) is 0 Å². The van der Waals surface area contributed by atoms with Gasteiger partial charge in [0.1, 0.15) is 30.2 Å². The minimum atomic E-state index is -1.57. The Morgan fingerprint density at radius 2 is 1.28 bits per heavy atom. The van der Waals surface area contributed by atoms with E-state index in [-0.39, 0.29) is 30.5 Å². The third-order valence-corrected chi connectivity index (χ3v) is 11.4. The Bertz CT molecular complexity index is 1600. The highest BCUT2D eigenvalue weighted by molar-refractivity contribution is 7.09. The summed E-state index contributed by atoms with van der Waals surface area (Å²) in [7, 11) is 0. The van der Waals surface area contributed by atoms with E-state index in [1.165, 1.54) is 11.3 Å². The van der Waals surface area contributed by atoms with E-state index in [2.05, 4.69) is 36.9 Å². The molecule has 1 fully saturated rings. The van der Waals surface area contributed by atoms with Crippen LogP contribution in [0, 0.1) is 17.8 Å². The van der Waals surface area contributed by atoms with E-state index in [0.29, 0.717) is 25.7 Å². The maximum Gasteiger partial charge on any atom is 0.305 e. The molecule has 0 bridgehead atoms. The molecule has 1 aromatic heterocycles. The Labute approximate surface area is 355 Å². The van der Waals surface area contributed by atoms with E-state index < -0.39 is 109 Å². The van der Waals surface area contributed by atoms with Crippen molar-refractivity contribution in [3.63, 3.8) is 0 Å². The number of carboxylic acids is 2. The number of aliphatic carboxylic acids is 2. The molecule has 0 aromatic carbocycles. The van der Waals surface area contributed by atoms with Crippen LogP contribution in [-0.2, 0) is 49.6 Å². The summed E-state index contributed by atoms with van der Waals surface area (Å²) in [6.45, 7) is 10.0. The smallest absolute Gasteiger partial charge is 0.305 e. The average molecular weight is 864 g/mol. The number of nitrogens with zero attached hydrogens (tertiary/aromatic N) is 1. The fourth-order valence-corrected chi connectivity index (χ4v) is 7.70. The highest BCUT2D eigenvalue weighted by Crippen LogP contribution is 2.28. The summed E-state index contributed by atoms with van der Waals surface area (Å²) in [4.78, 5) is 121. The first-order valence-corrected chi connectivity index (χ1v) is 21.9. The van der Waals surface area contributed by atoms with Crippen LogP contribution in [0.3, 0.4) is 0 Å². The summed E-state index contributed by atoms with van der Waals surface area (Å²) in [6.07, 6.45) is 6.52. The molecule has 1 aromatic rings. The van der Waals surface area contributed by atoms with Gasteiger partial charge in [-0.25, -0.2) is 4.98 Å². The molecule has 0 spiro atoms. The number of aromatic nitrogens is 1. The van der Waals surface area contributed by atoms with E-state index >= 15 is 0 Å². The second kappa shape index (κ2) is 26.3. The summed E-state index contributed by atoms with van der Waals surface area (Å²) in [5.74, 6) is -7.88. The lowest BCUT2D eigenvalue weighted by molar-refractivity contribution is -0.141. The molecule has 7 atom stereocenters. The van der Waals surface area contributed by atoms with Gasteiger partial charge in [-0.2, -0.15) is 0 Å². The molecule has 60 heavy (non-hydrogen) atoms. The summed E-state index contributed by atoms with van der Waals surface area (Å²) in [5, 5.41) is 36.9. The van der Waals surface area contributed by atoms with Gasteiger partial charge in [-0.15, -0.1) is 11.3 Å². The SMILES string of the molecule is CC[C@H](NC(=O)[C@H](CC1CCCCC1)NC(=O)[C@@H](NC(=O)[C@H](CC(C)C)NC(=O)[C@@H](CCC(=O)O)NC(=O)[C@H](CC(=O)O)NC(C)=O)[C@H](C)CC)C(=O)CCc1nccs1. The van der Waals surface area contributed by atoms with Crippen LogP contribution in [0.15, 0.2) is 11.6 Å². The number of hydrogen-bond donors (Lipinski definition) is 8. The van der Waals surface area contributed by atoms with Crippen molar-refractivity contribution in [3.05, 3.63) is 16.6 Å². The number of hydrogen-bond acceptors (Lipinski definition) is 11. The molecular formula is C41H65N7O11S. The first-order chi connectivity index (χ1) is 28.3. The predicted octanol–water partition coefficient (Wildman–Crippen LogP) is 2.39. The second-order valence-corrected chi connectivity index (χ2v) is 17.0. The first kappa shape index (κ1) is 51.2. The average Bonchev–Trinajstić information content (AvgIpc) is 3.72. The minimum Gasteiger partial charge on any atom is -0.481 e. The molecule has 1 aliphatic carbocycles. The van der Waals surface area contributed by atoms with Gasteiger partial charge in [0.05, 0.1) is 17.5 Å². The fourth-order valence-electron chi connectivity index (χ4n) is 7.08. The molecule has 0 radical (unpaired) electrons. The number of carbonyl (C=O) groups is 9. The Morgan fingerprint density at radius 3 is 1.83 bits per heavy atom. The zero-order valence-corrected chi connectivity index (χ0v) is 36.5. The van der Waals surface area contributed by atoms with Crippen molar-refractivity contribution in [1.82, 2.24) is 36.9 Å². The number of amides is 6. The molecule has 1 aliphatic rings. The molecule has 2 rings (SSSR count).